The van der Waals surface area contributed by atoms with Crippen LogP contribution in [0.4, 0.5) is 0 Å². The molecule has 2 aromatic carbocycles. The number of rotatable bonds is 1. The fraction of sp³-hybridized carbons (Fsp3) is 0.176. The van der Waals surface area contributed by atoms with E-state index < -0.39 is 11.1 Å². The molecule has 0 amide bonds. The number of aromatic amines is 2. The molecular formula is C17H15N3O2. The van der Waals surface area contributed by atoms with Crippen LogP contribution in [0.3, 0.4) is 0 Å². The van der Waals surface area contributed by atoms with Gasteiger partial charge in [-0.05, 0) is 35.4 Å². The largest absolute Gasteiger partial charge is 0.316 e. The van der Waals surface area contributed by atoms with Crippen LogP contribution in [0.2, 0.25) is 0 Å². The molecule has 0 fully saturated rings. The smallest absolute Gasteiger partial charge is 0.314 e. The zero-order chi connectivity index (χ0) is 15.3. The van der Waals surface area contributed by atoms with Crippen molar-refractivity contribution in [1.82, 2.24) is 14.9 Å². The predicted molar refractivity (Wildman–Crippen MR) is 85.8 cm³/mol. The quantitative estimate of drug-likeness (QED) is 0.673. The van der Waals surface area contributed by atoms with E-state index in [0.717, 1.165) is 35.3 Å². The standard InChI is InChI=1S/C17H15N3O2/c1-20-8-12-11(10-5-3-2-4-6-10)7-14-15(13(12)9-20)19-17(22)16(21)18-14/h2-7H,8-9H2,1H3,(H,18,21)(H,19,22). The summed E-state index contributed by atoms with van der Waals surface area (Å²) in [6.07, 6.45) is 0. The highest BCUT2D eigenvalue weighted by atomic mass is 16.2. The second kappa shape index (κ2) is 4.68. The minimum absolute atomic E-state index is 0.600. The van der Waals surface area contributed by atoms with Gasteiger partial charge in [-0.1, -0.05) is 30.3 Å². The first-order valence-electron chi connectivity index (χ1n) is 7.18. The van der Waals surface area contributed by atoms with Crippen LogP contribution in [0.15, 0.2) is 46.0 Å². The third kappa shape index (κ3) is 1.90. The Balaban J connectivity index is 2.11. The lowest BCUT2D eigenvalue weighted by molar-refractivity contribution is 0.354. The summed E-state index contributed by atoms with van der Waals surface area (Å²) in [5.41, 5.74) is 4.73. The first kappa shape index (κ1) is 13.0. The number of fused-ring (bicyclic) bond motifs is 3. The molecule has 0 unspecified atom stereocenters. The van der Waals surface area contributed by atoms with Gasteiger partial charge in [0, 0.05) is 13.1 Å². The molecule has 1 aliphatic rings. The lowest BCUT2D eigenvalue weighted by Crippen LogP contribution is -2.29. The van der Waals surface area contributed by atoms with E-state index in [2.05, 4.69) is 27.0 Å². The predicted octanol–water partition coefficient (Wildman–Crippen LogP) is 1.83. The average molecular weight is 293 g/mol. The van der Waals surface area contributed by atoms with E-state index in [9.17, 15) is 9.59 Å². The summed E-state index contributed by atoms with van der Waals surface area (Å²) in [5.74, 6) is 0. The van der Waals surface area contributed by atoms with Crippen molar-refractivity contribution in [2.75, 3.05) is 7.05 Å². The van der Waals surface area contributed by atoms with Crippen LogP contribution in [0, 0.1) is 0 Å². The molecule has 2 heterocycles. The van der Waals surface area contributed by atoms with Crippen molar-refractivity contribution in [3.8, 4) is 11.1 Å². The Morgan fingerprint density at radius 3 is 2.41 bits per heavy atom. The highest BCUT2D eigenvalue weighted by Crippen LogP contribution is 2.35. The number of nitrogens with zero attached hydrogens (tertiary/aromatic N) is 1. The molecule has 0 radical (unpaired) electrons. The van der Waals surface area contributed by atoms with Gasteiger partial charge in [-0.25, -0.2) is 0 Å². The van der Waals surface area contributed by atoms with Crippen LogP contribution in [0.1, 0.15) is 11.1 Å². The first-order chi connectivity index (χ1) is 10.6. The third-order valence-corrected chi connectivity index (χ3v) is 4.18. The Bertz CT molecular complexity index is 986. The summed E-state index contributed by atoms with van der Waals surface area (Å²) in [7, 11) is 2.05. The SMILES string of the molecule is CN1Cc2c(-c3ccccc3)cc3[nH]c(=O)c(=O)[nH]c3c2C1. The van der Waals surface area contributed by atoms with Gasteiger partial charge in [-0.3, -0.25) is 14.5 Å². The molecule has 4 rings (SSSR count). The second-order valence-electron chi connectivity index (χ2n) is 5.75. The van der Waals surface area contributed by atoms with Crippen molar-refractivity contribution < 1.29 is 0 Å². The number of hydrogen-bond donors (Lipinski definition) is 2. The zero-order valence-corrected chi connectivity index (χ0v) is 12.1. The van der Waals surface area contributed by atoms with Gasteiger partial charge in [0.15, 0.2) is 0 Å². The fourth-order valence-corrected chi connectivity index (χ4v) is 3.20. The molecule has 0 spiro atoms. The Morgan fingerprint density at radius 1 is 0.955 bits per heavy atom. The van der Waals surface area contributed by atoms with Crippen LogP contribution in [0.25, 0.3) is 22.2 Å². The summed E-state index contributed by atoms with van der Waals surface area (Å²) in [4.78, 5) is 30.9. The minimum atomic E-state index is -0.613. The topological polar surface area (TPSA) is 69.0 Å². The summed E-state index contributed by atoms with van der Waals surface area (Å²) >= 11 is 0. The molecular weight excluding hydrogens is 278 g/mol. The summed E-state index contributed by atoms with van der Waals surface area (Å²) in [6, 6.07) is 12.1. The molecule has 3 aromatic rings. The normalized spacial score (nSPS) is 14.4. The summed E-state index contributed by atoms with van der Waals surface area (Å²) < 4.78 is 0. The Labute approximate surface area is 126 Å². The molecule has 1 aliphatic heterocycles. The second-order valence-corrected chi connectivity index (χ2v) is 5.75. The van der Waals surface area contributed by atoms with Crippen molar-refractivity contribution in [3.05, 3.63) is 68.2 Å². The number of aromatic nitrogens is 2. The van der Waals surface area contributed by atoms with Gasteiger partial charge >= 0.3 is 11.1 Å². The summed E-state index contributed by atoms with van der Waals surface area (Å²) in [5, 5.41) is 0. The molecule has 2 N–H and O–H groups in total. The fourth-order valence-electron chi connectivity index (χ4n) is 3.20. The zero-order valence-electron chi connectivity index (χ0n) is 12.1. The maximum absolute atomic E-state index is 11.7. The monoisotopic (exact) mass is 293 g/mol. The molecule has 1 aromatic heterocycles. The highest BCUT2D eigenvalue weighted by molar-refractivity contribution is 5.87. The molecule has 0 saturated carbocycles. The molecule has 5 nitrogen and oxygen atoms in total. The third-order valence-electron chi connectivity index (χ3n) is 4.18. The summed E-state index contributed by atoms with van der Waals surface area (Å²) in [6.45, 7) is 1.59. The molecule has 0 bridgehead atoms. The van der Waals surface area contributed by atoms with Crippen molar-refractivity contribution >= 4 is 11.0 Å². The molecule has 22 heavy (non-hydrogen) atoms. The minimum Gasteiger partial charge on any atom is -0.316 e. The molecule has 0 aliphatic carbocycles. The maximum Gasteiger partial charge on any atom is 0.314 e. The van der Waals surface area contributed by atoms with Crippen molar-refractivity contribution in [2.45, 2.75) is 13.1 Å². The lowest BCUT2D eigenvalue weighted by Gasteiger charge is -2.11. The van der Waals surface area contributed by atoms with E-state index in [1.807, 2.05) is 31.3 Å². The Kier molecular flexibility index (Phi) is 2.77. The Hall–Kier alpha value is -2.66. The van der Waals surface area contributed by atoms with Crippen molar-refractivity contribution in [1.29, 1.82) is 0 Å². The first-order valence-corrected chi connectivity index (χ1v) is 7.18. The van der Waals surface area contributed by atoms with E-state index in [1.165, 1.54) is 5.56 Å². The van der Waals surface area contributed by atoms with Crippen LogP contribution in [-0.2, 0) is 13.1 Å². The van der Waals surface area contributed by atoms with E-state index in [-0.39, 0.29) is 0 Å². The van der Waals surface area contributed by atoms with Gasteiger partial charge in [0.1, 0.15) is 0 Å². The molecule has 0 saturated heterocycles. The number of nitrogens with one attached hydrogen (secondary N) is 2. The van der Waals surface area contributed by atoms with E-state index in [0.29, 0.717) is 5.52 Å². The number of H-pyrrole nitrogens is 2. The number of benzene rings is 2. The van der Waals surface area contributed by atoms with Crippen LogP contribution >= 0.6 is 0 Å². The van der Waals surface area contributed by atoms with Gasteiger partial charge in [-0.2, -0.15) is 0 Å². The average Bonchev–Trinajstić information content (AvgIpc) is 2.91. The van der Waals surface area contributed by atoms with Crippen LogP contribution < -0.4 is 11.1 Å². The van der Waals surface area contributed by atoms with Gasteiger partial charge in [-0.15, -0.1) is 0 Å². The van der Waals surface area contributed by atoms with Crippen molar-refractivity contribution in [3.63, 3.8) is 0 Å². The molecule has 0 atom stereocenters. The Morgan fingerprint density at radius 2 is 1.64 bits per heavy atom. The lowest BCUT2D eigenvalue weighted by atomic mass is 9.95. The highest BCUT2D eigenvalue weighted by Gasteiger charge is 2.23. The van der Waals surface area contributed by atoms with Crippen molar-refractivity contribution in [2.24, 2.45) is 0 Å². The van der Waals surface area contributed by atoms with Gasteiger partial charge in [0.2, 0.25) is 0 Å². The van der Waals surface area contributed by atoms with Gasteiger partial charge in [0.25, 0.3) is 0 Å². The molecule has 110 valence electrons. The maximum atomic E-state index is 11.7. The van der Waals surface area contributed by atoms with E-state index in [4.69, 9.17) is 0 Å². The van der Waals surface area contributed by atoms with Gasteiger partial charge < -0.3 is 9.97 Å². The molecule has 5 heteroatoms. The number of hydrogen-bond acceptors (Lipinski definition) is 3. The van der Waals surface area contributed by atoms with Crippen LogP contribution in [0.5, 0.6) is 0 Å². The van der Waals surface area contributed by atoms with E-state index >= 15 is 0 Å². The van der Waals surface area contributed by atoms with Crippen LogP contribution in [-0.4, -0.2) is 21.9 Å². The van der Waals surface area contributed by atoms with Gasteiger partial charge in [0.05, 0.1) is 11.0 Å². The van der Waals surface area contributed by atoms with E-state index in [1.54, 1.807) is 0 Å².